The van der Waals surface area contributed by atoms with Crippen molar-refractivity contribution >= 4 is 21.6 Å². The van der Waals surface area contributed by atoms with E-state index >= 15 is 0 Å². The molecule has 1 N–H and O–H groups in total. The molecular formula is C23H25N3O4S. The summed E-state index contributed by atoms with van der Waals surface area (Å²) >= 11 is 0. The Kier molecular flexibility index (Phi) is 7.04. The molecule has 162 valence electrons. The SMILES string of the molecule is CCN(CC)S(=O)(=O)c1ccc(Oc2ccccc2)c(NC(=O)c2ccc(C)nc2)c1. The van der Waals surface area contributed by atoms with Crippen molar-refractivity contribution < 1.29 is 17.9 Å². The number of amides is 1. The zero-order chi connectivity index (χ0) is 22.4. The average Bonchev–Trinajstić information content (AvgIpc) is 2.76. The lowest BCUT2D eigenvalue weighted by Crippen LogP contribution is -2.30. The summed E-state index contributed by atoms with van der Waals surface area (Å²) in [6.45, 7) is 6.08. The van der Waals surface area contributed by atoms with Crippen molar-refractivity contribution in [3.8, 4) is 11.5 Å². The Morgan fingerprint density at radius 3 is 2.35 bits per heavy atom. The van der Waals surface area contributed by atoms with Gasteiger partial charge < -0.3 is 10.1 Å². The first-order valence-corrected chi connectivity index (χ1v) is 11.4. The molecule has 0 spiro atoms. The minimum Gasteiger partial charge on any atom is -0.455 e. The molecule has 3 rings (SSSR count). The van der Waals surface area contributed by atoms with E-state index in [1.54, 1.807) is 44.2 Å². The van der Waals surface area contributed by atoms with E-state index in [4.69, 9.17) is 4.74 Å². The highest BCUT2D eigenvalue weighted by atomic mass is 32.2. The van der Waals surface area contributed by atoms with Crippen molar-refractivity contribution in [2.45, 2.75) is 25.7 Å². The Morgan fingerprint density at radius 2 is 1.74 bits per heavy atom. The fourth-order valence-corrected chi connectivity index (χ4v) is 4.47. The van der Waals surface area contributed by atoms with Gasteiger partial charge in [-0.05, 0) is 49.4 Å². The Bertz CT molecular complexity index is 1140. The summed E-state index contributed by atoms with van der Waals surface area (Å²) in [6.07, 6.45) is 1.47. The van der Waals surface area contributed by atoms with Gasteiger partial charge in [-0.2, -0.15) is 4.31 Å². The molecule has 0 fully saturated rings. The van der Waals surface area contributed by atoms with Gasteiger partial charge in [-0.25, -0.2) is 8.42 Å². The van der Waals surface area contributed by atoms with E-state index < -0.39 is 15.9 Å². The summed E-state index contributed by atoms with van der Waals surface area (Å²) in [5.41, 5.74) is 1.40. The number of carbonyl (C=O) groups is 1. The number of para-hydroxylation sites is 1. The number of hydrogen-bond acceptors (Lipinski definition) is 5. The van der Waals surface area contributed by atoms with E-state index in [0.29, 0.717) is 30.2 Å². The van der Waals surface area contributed by atoms with Gasteiger partial charge in [-0.1, -0.05) is 32.0 Å². The normalized spacial score (nSPS) is 11.4. The van der Waals surface area contributed by atoms with Crippen LogP contribution in [0.25, 0.3) is 0 Å². The molecule has 0 bridgehead atoms. The third-order valence-corrected chi connectivity index (χ3v) is 6.73. The van der Waals surface area contributed by atoms with Gasteiger partial charge in [0.2, 0.25) is 10.0 Å². The predicted octanol–water partition coefficient (Wildman–Crippen LogP) is 4.47. The predicted molar refractivity (Wildman–Crippen MR) is 120 cm³/mol. The second-order valence-corrected chi connectivity index (χ2v) is 8.74. The molecule has 0 aliphatic rings. The quantitative estimate of drug-likeness (QED) is 0.560. The summed E-state index contributed by atoms with van der Waals surface area (Å²) < 4.78 is 33.2. The molecule has 0 atom stereocenters. The van der Waals surface area contributed by atoms with Crippen molar-refractivity contribution in [2.24, 2.45) is 0 Å². The number of sulfonamides is 1. The summed E-state index contributed by atoms with van der Waals surface area (Å²) in [4.78, 5) is 17.0. The first kappa shape index (κ1) is 22.5. The van der Waals surface area contributed by atoms with Gasteiger partial charge in [0, 0.05) is 25.0 Å². The lowest BCUT2D eigenvalue weighted by atomic mass is 10.2. The lowest BCUT2D eigenvalue weighted by molar-refractivity contribution is 0.102. The fraction of sp³-hybridized carbons (Fsp3) is 0.217. The minimum absolute atomic E-state index is 0.0777. The van der Waals surface area contributed by atoms with Crippen molar-refractivity contribution in [2.75, 3.05) is 18.4 Å². The zero-order valence-corrected chi connectivity index (χ0v) is 18.5. The molecule has 8 heteroatoms. The summed E-state index contributed by atoms with van der Waals surface area (Å²) in [6, 6.07) is 16.9. The second kappa shape index (κ2) is 9.72. The number of nitrogens with one attached hydrogen (secondary N) is 1. The minimum atomic E-state index is -3.71. The highest BCUT2D eigenvalue weighted by Crippen LogP contribution is 2.33. The second-order valence-electron chi connectivity index (χ2n) is 6.80. The number of pyridine rings is 1. The van der Waals surface area contributed by atoms with Crippen LogP contribution in [0, 0.1) is 6.92 Å². The van der Waals surface area contributed by atoms with Crippen LogP contribution >= 0.6 is 0 Å². The number of hydrogen-bond donors (Lipinski definition) is 1. The first-order valence-electron chi connectivity index (χ1n) is 9.96. The van der Waals surface area contributed by atoms with Gasteiger partial charge in [0.05, 0.1) is 16.1 Å². The molecule has 2 aromatic carbocycles. The Labute approximate surface area is 182 Å². The van der Waals surface area contributed by atoms with Crippen LogP contribution in [0.1, 0.15) is 29.9 Å². The molecule has 1 amide bonds. The van der Waals surface area contributed by atoms with E-state index in [-0.39, 0.29) is 10.6 Å². The van der Waals surface area contributed by atoms with Crippen LogP contribution in [-0.4, -0.2) is 36.7 Å². The molecule has 0 radical (unpaired) electrons. The highest BCUT2D eigenvalue weighted by molar-refractivity contribution is 7.89. The van der Waals surface area contributed by atoms with Crippen LogP contribution in [-0.2, 0) is 10.0 Å². The zero-order valence-electron chi connectivity index (χ0n) is 17.7. The Hall–Kier alpha value is -3.23. The van der Waals surface area contributed by atoms with E-state index in [0.717, 1.165) is 5.69 Å². The van der Waals surface area contributed by atoms with Crippen LogP contribution < -0.4 is 10.1 Å². The third kappa shape index (κ3) is 5.28. The number of rotatable bonds is 8. The van der Waals surface area contributed by atoms with Gasteiger partial charge in [-0.15, -0.1) is 0 Å². The molecule has 0 aliphatic carbocycles. The average molecular weight is 440 g/mol. The topological polar surface area (TPSA) is 88.6 Å². The number of ether oxygens (including phenoxy) is 1. The molecule has 1 heterocycles. The van der Waals surface area contributed by atoms with Gasteiger partial charge >= 0.3 is 0 Å². The van der Waals surface area contributed by atoms with E-state index in [2.05, 4.69) is 10.3 Å². The number of anilines is 1. The van der Waals surface area contributed by atoms with Crippen LogP contribution in [0.5, 0.6) is 11.5 Å². The van der Waals surface area contributed by atoms with E-state index in [9.17, 15) is 13.2 Å². The van der Waals surface area contributed by atoms with Crippen LogP contribution in [0.15, 0.2) is 71.8 Å². The van der Waals surface area contributed by atoms with Crippen molar-refractivity contribution in [3.05, 3.63) is 78.1 Å². The standard InChI is InChI=1S/C23H25N3O4S/c1-4-26(5-2)31(28,29)20-13-14-22(30-19-9-7-6-8-10-19)21(15-20)25-23(27)18-12-11-17(3)24-16-18/h6-16H,4-5H2,1-3H3,(H,25,27). The summed E-state index contributed by atoms with van der Waals surface area (Å²) in [7, 11) is -3.71. The monoisotopic (exact) mass is 439 g/mol. The van der Waals surface area contributed by atoms with Crippen molar-refractivity contribution in [1.29, 1.82) is 0 Å². The van der Waals surface area contributed by atoms with Crippen molar-refractivity contribution in [3.63, 3.8) is 0 Å². The molecule has 0 unspecified atom stereocenters. The summed E-state index contributed by atoms with van der Waals surface area (Å²) in [5.74, 6) is 0.482. The Balaban J connectivity index is 2.01. The largest absolute Gasteiger partial charge is 0.455 e. The maximum atomic E-state index is 13.0. The van der Waals surface area contributed by atoms with Gasteiger partial charge in [-0.3, -0.25) is 9.78 Å². The lowest BCUT2D eigenvalue weighted by Gasteiger charge is -2.20. The van der Waals surface area contributed by atoms with Crippen LogP contribution in [0.2, 0.25) is 0 Å². The molecule has 3 aromatic rings. The van der Waals surface area contributed by atoms with Gasteiger partial charge in [0.15, 0.2) is 5.75 Å². The fourth-order valence-electron chi connectivity index (χ4n) is 2.98. The van der Waals surface area contributed by atoms with Gasteiger partial charge in [0.25, 0.3) is 5.91 Å². The third-order valence-electron chi connectivity index (χ3n) is 4.69. The first-order chi connectivity index (χ1) is 14.8. The van der Waals surface area contributed by atoms with Crippen LogP contribution in [0.3, 0.4) is 0 Å². The molecule has 0 aliphatic heterocycles. The number of nitrogens with zero attached hydrogens (tertiary/aromatic N) is 2. The molecule has 31 heavy (non-hydrogen) atoms. The smallest absolute Gasteiger partial charge is 0.257 e. The van der Waals surface area contributed by atoms with Gasteiger partial charge in [0.1, 0.15) is 5.75 Å². The van der Waals surface area contributed by atoms with Crippen LogP contribution in [0.4, 0.5) is 5.69 Å². The molecular weight excluding hydrogens is 414 g/mol. The molecule has 0 saturated heterocycles. The molecule has 1 aromatic heterocycles. The number of aryl methyl sites for hydroxylation is 1. The molecule has 0 saturated carbocycles. The van der Waals surface area contributed by atoms with E-state index in [1.807, 2.05) is 25.1 Å². The number of aromatic nitrogens is 1. The molecule has 7 nitrogen and oxygen atoms in total. The van der Waals surface area contributed by atoms with E-state index in [1.165, 1.54) is 22.6 Å². The highest BCUT2D eigenvalue weighted by Gasteiger charge is 2.23. The summed E-state index contributed by atoms with van der Waals surface area (Å²) in [5, 5.41) is 2.77. The van der Waals surface area contributed by atoms with Crippen molar-refractivity contribution in [1.82, 2.24) is 9.29 Å². The number of benzene rings is 2. The maximum absolute atomic E-state index is 13.0. The Morgan fingerprint density at radius 1 is 1.03 bits per heavy atom. The number of carbonyl (C=O) groups excluding carboxylic acids is 1. The maximum Gasteiger partial charge on any atom is 0.257 e.